The van der Waals surface area contributed by atoms with E-state index in [-0.39, 0.29) is 19.6 Å². The molecule has 0 spiro atoms. The van der Waals surface area contributed by atoms with Crippen molar-refractivity contribution in [3.63, 3.8) is 0 Å². The molecule has 0 radical (unpaired) electrons. The van der Waals surface area contributed by atoms with Crippen LogP contribution in [0.3, 0.4) is 0 Å². The number of hydrogen-bond acceptors (Lipinski definition) is 11. The fourth-order valence-electron chi connectivity index (χ4n) is 7.01. The molecule has 1 saturated heterocycles. The highest BCUT2D eigenvalue weighted by Crippen LogP contribution is 2.26. The minimum atomic E-state index is -5.07. The van der Waals surface area contributed by atoms with Crippen molar-refractivity contribution in [2.75, 3.05) is 26.4 Å². The third-order valence-corrected chi connectivity index (χ3v) is 11.2. The molecule has 374 valence electrons. The number of esters is 1. The molecular formula is C52H88O12S. The third kappa shape index (κ3) is 36.1. The number of carbonyl (C=O) groups is 1. The maximum absolute atomic E-state index is 12.9. The quantitative estimate of drug-likeness (QED) is 0.0197. The zero-order chi connectivity index (χ0) is 47.5. The fraction of sp³-hybridized carbons (Fsp3) is 0.712. The van der Waals surface area contributed by atoms with E-state index in [0.717, 1.165) is 116 Å². The highest BCUT2D eigenvalue weighted by molar-refractivity contribution is 7.80. The van der Waals surface area contributed by atoms with Gasteiger partial charge in [0.15, 0.2) is 6.29 Å². The molecular weight excluding hydrogens is 849 g/mol. The van der Waals surface area contributed by atoms with Gasteiger partial charge in [-0.05, 0) is 83.5 Å². The fourth-order valence-corrected chi connectivity index (χ4v) is 7.52. The van der Waals surface area contributed by atoms with Crippen LogP contribution in [0.2, 0.25) is 0 Å². The molecule has 1 aliphatic heterocycles. The van der Waals surface area contributed by atoms with E-state index < -0.39 is 59.8 Å². The van der Waals surface area contributed by atoms with Crippen LogP contribution in [0, 0.1) is 0 Å². The summed E-state index contributed by atoms with van der Waals surface area (Å²) in [4.78, 5) is 12.9. The van der Waals surface area contributed by atoms with Crippen LogP contribution in [0.15, 0.2) is 85.1 Å². The Bertz CT molecular complexity index is 1450. The SMILES string of the molecule is CC/C=C\C/C=C\C/C=C\C/C=C\C/C=C\CCCCCCCCCC(=O)OC(COCCCCCCCC/C=C\C/C=C\CCCC)COC1OC(CO)C(O)C(OS(=O)(=O)O)C1O. The summed E-state index contributed by atoms with van der Waals surface area (Å²) in [6, 6.07) is 0. The smallest absolute Gasteiger partial charge is 0.397 e. The number of aliphatic hydroxyl groups excluding tert-OH is 3. The Labute approximate surface area is 393 Å². The lowest BCUT2D eigenvalue weighted by Gasteiger charge is -2.41. The van der Waals surface area contributed by atoms with E-state index in [4.69, 9.17) is 18.9 Å². The lowest BCUT2D eigenvalue weighted by Crippen LogP contribution is -2.60. The Hall–Kier alpha value is -2.72. The van der Waals surface area contributed by atoms with Crippen molar-refractivity contribution in [3.05, 3.63) is 85.1 Å². The molecule has 1 fully saturated rings. The van der Waals surface area contributed by atoms with Gasteiger partial charge < -0.3 is 34.3 Å². The number of rotatable bonds is 42. The van der Waals surface area contributed by atoms with Crippen LogP contribution in [0.5, 0.6) is 0 Å². The maximum atomic E-state index is 12.9. The largest absolute Gasteiger partial charge is 0.457 e. The number of unbranched alkanes of at least 4 members (excludes halogenated alkanes) is 15. The van der Waals surface area contributed by atoms with Gasteiger partial charge >= 0.3 is 16.4 Å². The lowest BCUT2D eigenvalue weighted by atomic mass is 9.99. The summed E-state index contributed by atoms with van der Waals surface area (Å²) in [6.07, 6.45) is 47.5. The monoisotopic (exact) mass is 937 g/mol. The summed E-state index contributed by atoms with van der Waals surface area (Å²) >= 11 is 0. The predicted octanol–water partition coefficient (Wildman–Crippen LogP) is 11.2. The first-order valence-corrected chi connectivity index (χ1v) is 26.2. The van der Waals surface area contributed by atoms with Gasteiger partial charge in [-0.3, -0.25) is 9.35 Å². The molecule has 13 heteroatoms. The van der Waals surface area contributed by atoms with E-state index in [1.807, 2.05) is 0 Å². The van der Waals surface area contributed by atoms with Crippen LogP contribution >= 0.6 is 0 Å². The molecule has 0 aromatic carbocycles. The van der Waals surface area contributed by atoms with Crippen molar-refractivity contribution in [3.8, 4) is 0 Å². The molecule has 0 amide bonds. The number of hydrogen-bond donors (Lipinski definition) is 4. The molecule has 12 nitrogen and oxygen atoms in total. The summed E-state index contributed by atoms with van der Waals surface area (Å²) in [5, 5.41) is 30.7. The van der Waals surface area contributed by atoms with Crippen molar-refractivity contribution >= 4 is 16.4 Å². The van der Waals surface area contributed by atoms with E-state index in [9.17, 15) is 33.1 Å². The zero-order valence-corrected chi connectivity index (χ0v) is 40.8. The number of aliphatic hydroxyl groups is 3. The van der Waals surface area contributed by atoms with Crippen LogP contribution in [0.25, 0.3) is 0 Å². The topological polar surface area (TPSA) is 178 Å². The van der Waals surface area contributed by atoms with Crippen molar-refractivity contribution < 1.29 is 56.2 Å². The summed E-state index contributed by atoms with van der Waals surface area (Å²) in [5.41, 5.74) is 0. The van der Waals surface area contributed by atoms with Crippen LogP contribution in [-0.2, 0) is 38.3 Å². The van der Waals surface area contributed by atoms with E-state index in [0.29, 0.717) is 13.0 Å². The summed E-state index contributed by atoms with van der Waals surface area (Å²) in [7, 11) is -5.07. The van der Waals surface area contributed by atoms with Crippen LogP contribution in [0.1, 0.15) is 174 Å². The normalized spacial score (nSPS) is 20.4. The highest BCUT2D eigenvalue weighted by atomic mass is 32.3. The average Bonchev–Trinajstić information content (AvgIpc) is 3.28. The van der Waals surface area contributed by atoms with Crippen molar-refractivity contribution in [2.45, 2.75) is 211 Å². The molecule has 0 aliphatic carbocycles. The predicted molar refractivity (Wildman–Crippen MR) is 262 cm³/mol. The van der Waals surface area contributed by atoms with Crippen molar-refractivity contribution in [1.29, 1.82) is 0 Å². The van der Waals surface area contributed by atoms with E-state index in [1.165, 1.54) is 32.1 Å². The minimum absolute atomic E-state index is 0.0192. The molecule has 65 heavy (non-hydrogen) atoms. The average molecular weight is 937 g/mol. The van der Waals surface area contributed by atoms with Crippen LogP contribution in [-0.4, -0.2) is 97.5 Å². The molecule has 4 N–H and O–H groups in total. The molecule has 0 bridgehead atoms. The third-order valence-electron chi connectivity index (χ3n) is 10.8. The van der Waals surface area contributed by atoms with Gasteiger partial charge in [-0.15, -0.1) is 0 Å². The van der Waals surface area contributed by atoms with Gasteiger partial charge in [-0.2, -0.15) is 8.42 Å². The molecule has 6 unspecified atom stereocenters. The standard InChI is InChI=1S/C52H88O12S/c1-3-5-7-9-11-13-15-17-19-20-21-22-23-24-25-26-27-29-31-33-35-37-39-41-48(54)62-46(45-61-52-50(56)51(64-65(57,58)59)49(55)47(43-53)63-52)44-60-42-40-38-36-34-32-30-28-18-16-14-12-10-8-6-4-2/h5,7,10-13,16-19,21-22,24-25,46-47,49-53,55-56H,3-4,6,8-9,14-15,20,23,26-45H2,1-2H3,(H,57,58,59)/b7-5-,12-10-,13-11-,18-16-,19-17-,22-21-,25-24-. The van der Waals surface area contributed by atoms with Crippen LogP contribution < -0.4 is 0 Å². The van der Waals surface area contributed by atoms with Gasteiger partial charge in [0.05, 0.1) is 19.8 Å². The Balaban J connectivity index is 2.39. The molecule has 0 saturated carbocycles. The number of allylic oxidation sites excluding steroid dienone is 14. The van der Waals surface area contributed by atoms with Crippen LogP contribution in [0.4, 0.5) is 0 Å². The Morgan fingerprint density at radius 1 is 0.600 bits per heavy atom. The molecule has 1 heterocycles. The molecule has 1 rings (SSSR count). The minimum Gasteiger partial charge on any atom is -0.457 e. The molecule has 6 atom stereocenters. The van der Waals surface area contributed by atoms with Gasteiger partial charge in [0.1, 0.15) is 30.5 Å². The Kier molecular flexibility index (Phi) is 39.5. The summed E-state index contributed by atoms with van der Waals surface area (Å²) in [6.45, 7) is 3.79. The first-order chi connectivity index (χ1) is 31.6. The van der Waals surface area contributed by atoms with Gasteiger partial charge in [0.2, 0.25) is 0 Å². The zero-order valence-electron chi connectivity index (χ0n) is 40.0. The van der Waals surface area contributed by atoms with E-state index in [1.54, 1.807) is 0 Å². The molecule has 0 aromatic heterocycles. The van der Waals surface area contributed by atoms with E-state index >= 15 is 0 Å². The molecule has 1 aliphatic rings. The highest BCUT2D eigenvalue weighted by Gasteiger charge is 2.48. The van der Waals surface area contributed by atoms with E-state index in [2.05, 4.69) is 103 Å². The van der Waals surface area contributed by atoms with Gasteiger partial charge in [-0.1, -0.05) is 170 Å². The molecule has 0 aromatic rings. The van der Waals surface area contributed by atoms with Crippen molar-refractivity contribution in [2.24, 2.45) is 0 Å². The lowest BCUT2D eigenvalue weighted by molar-refractivity contribution is -0.301. The van der Waals surface area contributed by atoms with Crippen molar-refractivity contribution in [1.82, 2.24) is 0 Å². The van der Waals surface area contributed by atoms with Gasteiger partial charge in [-0.25, -0.2) is 4.18 Å². The van der Waals surface area contributed by atoms with Gasteiger partial charge in [0.25, 0.3) is 0 Å². The maximum Gasteiger partial charge on any atom is 0.397 e. The second-order valence-electron chi connectivity index (χ2n) is 16.7. The first-order valence-electron chi connectivity index (χ1n) is 24.8. The first kappa shape index (κ1) is 60.3. The summed E-state index contributed by atoms with van der Waals surface area (Å²) < 4.78 is 59.2. The number of ether oxygens (including phenoxy) is 4. The summed E-state index contributed by atoms with van der Waals surface area (Å²) in [5.74, 6) is -0.418. The Morgan fingerprint density at radius 2 is 1.06 bits per heavy atom. The second kappa shape index (κ2) is 42.6. The second-order valence-corrected chi connectivity index (χ2v) is 17.7. The number of carbonyl (C=O) groups excluding carboxylic acids is 1. The van der Waals surface area contributed by atoms with Gasteiger partial charge in [0, 0.05) is 13.0 Å². The Morgan fingerprint density at radius 3 is 1.55 bits per heavy atom.